The monoisotopic (exact) mass is 192 g/mol. The Morgan fingerprint density at radius 3 is 2.93 bits per heavy atom. The van der Waals surface area contributed by atoms with Gasteiger partial charge in [0, 0.05) is 11.4 Å². The van der Waals surface area contributed by atoms with Crippen LogP contribution in [0.1, 0.15) is 23.9 Å². The number of aromatic nitrogens is 1. The predicted molar refractivity (Wildman–Crippen MR) is 50.6 cm³/mol. The van der Waals surface area contributed by atoms with Crippen molar-refractivity contribution in [1.82, 2.24) is 4.98 Å². The van der Waals surface area contributed by atoms with E-state index in [1.165, 1.54) is 0 Å². The van der Waals surface area contributed by atoms with Crippen molar-refractivity contribution in [3.05, 3.63) is 23.0 Å². The highest BCUT2D eigenvalue weighted by molar-refractivity contribution is 5.72. The third-order valence-electron chi connectivity index (χ3n) is 1.83. The molecule has 0 bridgehead atoms. The van der Waals surface area contributed by atoms with Crippen LogP contribution in [0.3, 0.4) is 0 Å². The minimum Gasteiger partial charge on any atom is -0.466 e. The first kappa shape index (κ1) is 10.3. The number of carbonyl (C=O) groups is 1. The molecule has 0 saturated carbocycles. The maximum absolute atomic E-state index is 11.1. The van der Waals surface area contributed by atoms with E-state index in [0.29, 0.717) is 12.2 Å². The molecule has 0 aliphatic carbocycles. The normalized spacial score (nSPS) is 9.50. The standard InChI is InChI=1S/C10H12N2O2/c1-3-14-10(13)5-9-4-8(6-11)7(2)12-9/h4,12H,3,5H2,1-2H3. The van der Waals surface area contributed by atoms with Crippen molar-refractivity contribution in [2.24, 2.45) is 0 Å². The first-order valence-corrected chi connectivity index (χ1v) is 4.41. The minimum absolute atomic E-state index is 0.191. The predicted octanol–water partition coefficient (Wildman–Crippen LogP) is 1.30. The van der Waals surface area contributed by atoms with Crippen LogP contribution in [-0.2, 0) is 16.0 Å². The molecular formula is C10H12N2O2. The molecule has 4 heteroatoms. The van der Waals surface area contributed by atoms with Gasteiger partial charge in [-0.05, 0) is 19.9 Å². The number of nitriles is 1. The van der Waals surface area contributed by atoms with E-state index in [1.807, 2.05) is 6.07 Å². The van der Waals surface area contributed by atoms with Crippen molar-refractivity contribution in [2.75, 3.05) is 6.61 Å². The van der Waals surface area contributed by atoms with Crippen LogP contribution in [0.4, 0.5) is 0 Å². The molecule has 0 fully saturated rings. The average molecular weight is 192 g/mol. The number of hydrogen-bond acceptors (Lipinski definition) is 3. The van der Waals surface area contributed by atoms with Crippen LogP contribution in [0.2, 0.25) is 0 Å². The Hall–Kier alpha value is -1.76. The number of aryl methyl sites for hydroxylation is 1. The zero-order valence-electron chi connectivity index (χ0n) is 8.26. The van der Waals surface area contributed by atoms with Crippen molar-refractivity contribution in [3.63, 3.8) is 0 Å². The van der Waals surface area contributed by atoms with E-state index < -0.39 is 0 Å². The summed E-state index contributed by atoms with van der Waals surface area (Å²) in [4.78, 5) is 14.1. The molecule has 0 unspecified atom stereocenters. The Balaban J connectivity index is 2.69. The summed E-state index contributed by atoms with van der Waals surface area (Å²) in [5.41, 5.74) is 2.08. The van der Waals surface area contributed by atoms with E-state index in [2.05, 4.69) is 4.98 Å². The van der Waals surface area contributed by atoms with E-state index in [1.54, 1.807) is 19.9 Å². The Bertz CT molecular complexity index is 374. The number of esters is 1. The largest absolute Gasteiger partial charge is 0.466 e. The number of carbonyl (C=O) groups excluding carboxylic acids is 1. The summed E-state index contributed by atoms with van der Waals surface area (Å²) in [6, 6.07) is 3.71. The van der Waals surface area contributed by atoms with Gasteiger partial charge in [-0.25, -0.2) is 0 Å². The summed E-state index contributed by atoms with van der Waals surface area (Å²) in [6.45, 7) is 3.94. The Kier molecular flexibility index (Phi) is 3.29. The third-order valence-corrected chi connectivity index (χ3v) is 1.83. The summed E-state index contributed by atoms with van der Waals surface area (Å²) in [6.07, 6.45) is 0.191. The van der Waals surface area contributed by atoms with Gasteiger partial charge in [0.05, 0.1) is 18.6 Å². The molecule has 4 nitrogen and oxygen atoms in total. The molecule has 0 aromatic carbocycles. The number of H-pyrrole nitrogens is 1. The second-order valence-corrected chi connectivity index (χ2v) is 2.93. The lowest BCUT2D eigenvalue weighted by molar-refractivity contribution is -0.142. The van der Waals surface area contributed by atoms with Gasteiger partial charge < -0.3 is 9.72 Å². The van der Waals surface area contributed by atoms with Gasteiger partial charge in [-0.2, -0.15) is 5.26 Å². The number of nitrogens with one attached hydrogen (secondary N) is 1. The fraction of sp³-hybridized carbons (Fsp3) is 0.400. The molecule has 0 spiro atoms. The number of hydrogen-bond donors (Lipinski definition) is 1. The molecular weight excluding hydrogens is 180 g/mol. The summed E-state index contributed by atoms with van der Waals surface area (Å²) >= 11 is 0. The first-order valence-electron chi connectivity index (χ1n) is 4.41. The van der Waals surface area contributed by atoms with E-state index in [9.17, 15) is 4.79 Å². The molecule has 1 heterocycles. The molecule has 0 radical (unpaired) electrons. The van der Waals surface area contributed by atoms with Crippen molar-refractivity contribution in [1.29, 1.82) is 5.26 Å². The van der Waals surface area contributed by atoms with Gasteiger partial charge in [-0.1, -0.05) is 0 Å². The smallest absolute Gasteiger partial charge is 0.311 e. The van der Waals surface area contributed by atoms with Crippen LogP contribution in [0.15, 0.2) is 6.07 Å². The third kappa shape index (κ3) is 2.36. The van der Waals surface area contributed by atoms with Gasteiger partial charge in [0.2, 0.25) is 0 Å². The van der Waals surface area contributed by atoms with Crippen molar-refractivity contribution < 1.29 is 9.53 Å². The van der Waals surface area contributed by atoms with Crippen LogP contribution < -0.4 is 0 Å². The zero-order valence-corrected chi connectivity index (χ0v) is 8.26. The number of ether oxygens (including phenoxy) is 1. The van der Waals surface area contributed by atoms with E-state index >= 15 is 0 Å². The summed E-state index contributed by atoms with van der Waals surface area (Å²) in [7, 11) is 0. The number of rotatable bonds is 3. The summed E-state index contributed by atoms with van der Waals surface area (Å²) in [5, 5.41) is 8.68. The van der Waals surface area contributed by atoms with Gasteiger partial charge in [0.15, 0.2) is 0 Å². The summed E-state index contributed by atoms with van der Waals surface area (Å²) in [5.74, 6) is -0.279. The van der Waals surface area contributed by atoms with Gasteiger partial charge in [0.25, 0.3) is 0 Å². The average Bonchev–Trinajstić information content (AvgIpc) is 2.46. The summed E-state index contributed by atoms with van der Waals surface area (Å²) < 4.78 is 4.79. The fourth-order valence-electron chi connectivity index (χ4n) is 1.21. The molecule has 0 saturated heterocycles. The second-order valence-electron chi connectivity index (χ2n) is 2.93. The lowest BCUT2D eigenvalue weighted by Gasteiger charge is -1.98. The Morgan fingerprint density at radius 2 is 2.43 bits per heavy atom. The molecule has 74 valence electrons. The fourth-order valence-corrected chi connectivity index (χ4v) is 1.21. The Morgan fingerprint density at radius 1 is 1.71 bits per heavy atom. The highest BCUT2D eigenvalue weighted by atomic mass is 16.5. The maximum Gasteiger partial charge on any atom is 0.311 e. The number of aromatic amines is 1. The van der Waals surface area contributed by atoms with Gasteiger partial charge >= 0.3 is 5.97 Å². The van der Waals surface area contributed by atoms with Gasteiger partial charge in [-0.3, -0.25) is 4.79 Å². The molecule has 1 aromatic rings. The van der Waals surface area contributed by atoms with Gasteiger partial charge in [-0.15, -0.1) is 0 Å². The zero-order chi connectivity index (χ0) is 10.6. The first-order chi connectivity index (χ1) is 6.67. The van der Waals surface area contributed by atoms with Crippen LogP contribution in [0.5, 0.6) is 0 Å². The molecule has 0 aliphatic heterocycles. The molecule has 1 rings (SSSR count). The minimum atomic E-state index is -0.279. The van der Waals surface area contributed by atoms with Crippen molar-refractivity contribution in [2.45, 2.75) is 20.3 Å². The SMILES string of the molecule is CCOC(=O)Cc1cc(C#N)c(C)[nH]1. The van der Waals surface area contributed by atoms with Crippen LogP contribution >= 0.6 is 0 Å². The lowest BCUT2D eigenvalue weighted by Crippen LogP contribution is -2.07. The van der Waals surface area contributed by atoms with Crippen molar-refractivity contribution >= 4 is 5.97 Å². The molecule has 0 amide bonds. The van der Waals surface area contributed by atoms with E-state index in [4.69, 9.17) is 10.00 Å². The Labute approximate surface area is 82.5 Å². The topological polar surface area (TPSA) is 65.9 Å². The lowest BCUT2D eigenvalue weighted by atomic mass is 10.2. The quantitative estimate of drug-likeness (QED) is 0.734. The maximum atomic E-state index is 11.1. The number of nitrogens with zero attached hydrogens (tertiary/aromatic N) is 1. The van der Waals surface area contributed by atoms with Crippen molar-refractivity contribution in [3.8, 4) is 6.07 Å². The molecule has 1 N–H and O–H groups in total. The highest BCUT2D eigenvalue weighted by Crippen LogP contribution is 2.09. The van der Waals surface area contributed by atoms with Crippen LogP contribution in [0.25, 0.3) is 0 Å². The molecule has 14 heavy (non-hydrogen) atoms. The van der Waals surface area contributed by atoms with Crippen LogP contribution in [0, 0.1) is 18.3 Å². The van der Waals surface area contributed by atoms with Gasteiger partial charge in [0.1, 0.15) is 6.07 Å². The molecule has 0 atom stereocenters. The molecule has 0 aliphatic rings. The molecule has 1 aromatic heterocycles. The second kappa shape index (κ2) is 4.47. The van der Waals surface area contributed by atoms with E-state index in [0.717, 1.165) is 11.4 Å². The van der Waals surface area contributed by atoms with Crippen LogP contribution in [-0.4, -0.2) is 17.6 Å². The highest BCUT2D eigenvalue weighted by Gasteiger charge is 2.08. The van der Waals surface area contributed by atoms with E-state index in [-0.39, 0.29) is 12.4 Å².